The minimum atomic E-state index is 0.295. The van der Waals surface area contributed by atoms with E-state index in [-0.39, 0.29) is 0 Å². The molecule has 0 aliphatic heterocycles. The van der Waals surface area contributed by atoms with Gasteiger partial charge in [-0.1, -0.05) is 34.6 Å². The Labute approximate surface area is 86.0 Å². The van der Waals surface area contributed by atoms with Crippen molar-refractivity contribution in [3.63, 3.8) is 0 Å². The maximum atomic E-state index is 2.32. The fourth-order valence-electron chi connectivity index (χ4n) is 1.86. The first kappa shape index (κ1) is 10.8. The molecule has 13 heavy (non-hydrogen) atoms. The van der Waals surface area contributed by atoms with E-state index in [1.165, 1.54) is 10.4 Å². The summed E-state index contributed by atoms with van der Waals surface area (Å²) in [4.78, 5) is 1.48. The molecule has 0 N–H and O–H groups in total. The Kier molecular flexibility index (Phi) is 2.86. The van der Waals surface area contributed by atoms with E-state index in [0.29, 0.717) is 11.3 Å². The molecular weight excluding hydrogens is 176 g/mol. The molecule has 74 valence electrons. The molecule has 0 spiro atoms. The van der Waals surface area contributed by atoms with Crippen molar-refractivity contribution in [3.05, 3.63) is 21.4 Å². The van der Waals surface area contributed by atoms with Crippen LogP contribution in [0.2, 0.25) is 0 Å². The molecule has 1 rings (SSSR count). The highest BCUT2D eigenvalue weighted by Gasteiger charge is 2.22. The molecule has 0 nitrogen and oxygen atoms in total. The monoisotopic (exact) mass is 196 g/mol. The molecule has 0 saturated carbocycles. The van der Waals surface area contributed by atoms with Gasteiger partial charge >= 0.3 is 0 Å². The molecule has 0 aromatic carbocycles. The summed E-state index contributed by atoms with van der Waals surface area (Å²) in [6.45, 7) is 13.7. The Balaban J connectivity index is 3.25. The summed E-state index contributed by atoms with van der Waals surface area (Å²) < 4.78 is 0. The van der Waals surface area contributed by atoms with Crippen molar-refractivity contribution >= 4 is 11.3 Å². The van der Waals surface area contributed by atoms with Crippen LogP contribution in [0.4, 0.5) is 0 Å². The fraction of sp³-hybridized carbons (Fsp3) is 0.667. The van der Waals surface area contributed by atoms with E-state index in [4.69, 9.17) is 0 Å². The van der Waals surface area contributed by atoms with E-state index in [1.807, 2.05) is 11.3 Å². The normalized spacial score (nSPS) is 12.5. The average Bonchev–Trinajstić information content (AvgIpc) is 2.28. The molecule has 0 aliphatic carbocycles. The van der Waals surface area contributed by atoms with Crippen LogP contribution >= 0.6 is 11.3 Å². The first-order valence-electron chi connectivity index (χ1n) is 4.92. The van der Waals surface area contributed by atoms with Crippen LogP contribution in [-0.4, -0.2) is 0 Å². The smallest absolute Gasteiger partial charge is 0.00544 e. The van der Waals surface area contributed by atoms with Gasteiger partial charge in [-0.05, 0) is 34.8 Å². The van der Waals surface area contributed by atoms with Crippen LogP contribution in [0.25, 0.3) is 0 Å². The number of aryl methyl sites for hydroxylation is 1. The van der Waals surface area contributed by atoms with Gasteiger partial charge in [-0.3, -0.25) is 0 Å². The minimum absolute atomic E-state index is 0.295. The molecule has 0 saturated heterocycles. The second-order valence-corrected chi connectivity index (χ2v) is 6.11. The quantitative estimate of drug-likeness (QED) is 0.621. The van der Waals surface area contributed by atoms with E-state index in [1.54, 1.807) is 5.56 Å². The summed E-state index contributed by atoms with van der Waals surface area (Å²) in [6, 6.07) is 0. The highest BCUT2D eigenvalue weighted by molar-refractivity contribution is 7.10. The lowest BCUT2D eigenvalue weighted by molar-refractivity contribution is 0.577. The standard InChI is InChI=1S/C12H20S/c1-8(2)10-7-13-9(3)11(10)12(4,5)6/h7-8H,1-6H3. The maximum Gasteiger partial charge on any atom is 0.00544 e. The van der Waals surface area contributed by atoms with E-state index >= 15 is 0 Å². The zero-order valence-corrected chi connectivity index (χ0v) is 10.4. The largest absolute Gasteiger partial charge is 0.149 e. The van der Waals surface area contributed by atoms with Crippen molar-refractivity contribution in [1.29, 1.82) is 0 Å². The Morgan fingerprint density at radius 1 is 1.23 bits per heavy atom. The van der Waals surface area contributed by atoms with E-state index < -0.39 is 0 Å². The van der Waals surface area contributed by atoms with Crippen LogP contribution in [0.15, 0.2) is 5.38 Å². The zero-order chi connectivity index (χ0) is 10.2. The molecule has 1 heteroatoms. The van der Waals surface area contributed by atoms with Crippen LogP contribution in [0.1, 0.15) is 56.5 Å². The van der Waals surface area contributed by atoms with Gasteiger partial charge < -0.3 is 0 Å². The molecule has 0 fully saturated rings. The first-order chi connectivity index (χ1) is 5.84. The van der Waals surface area contributed by atoms with Crippen LogP contribution in [0.5, 0.6) is 0 Å². The first-order valence-corrected chi connectivity index (χ1v) is 5.80. The number of thiophene rings is 1. The molecule has 0 atom stereocenters. The summed E-state index contributed by atoms with van der Waals surface area (Å²) >= 11 is 1.89. The topological polar surface area (TPSA) is 0 Å². The van der Waals surface area contributed by atoms with E-state index in [9.17, 15) is 0 Å². The predicted octanol–water partition coefficient (Wildman–Crippen LogP) is 4.48. The van der Waals surface area contributed by atoms with Crippen LogP contribution in [0, 0.1) is 6.92 Å². The van der Waals surface area contributed by atoms with Gasteiger partial charge in [-0.25, -0.2) is 0 Å². The molecule has 1 heterocycles. The second kappa shape index (κ2) is 3.45. The van der Waals surface area contributed by atoms with E-state index in [2.05, 4.69) is 46.9 Å². The second-order valence-electron chi connectivity index (χ2n) is 5.03. The van der Waals surface area contributed by atoms with Crippen molar-refractivity contribution in [1.82, 2.24) is 0 Å². The number of hydrogen-bond donors (Lipinski definition) is 0. The third kappa shape index (κ3) is 2.14. The highest BCUT2D eigenvalue weighted by atomic mass is 32.1. The summed E-state index contributed by atoms with van der Waals surface area (Å²) in [5, 5.41) is 2.32. The van der Waals surface area contributed by atoms with Crippen LogP contribution < -0.4 is 0 Å². The van der Waals surface area contributed by atoms with Crippen molar-refractivity contribution in [2.24, 2.45) is 0 Å². The van der Waals surface area contributed by atoms with E-state index in [0.717, 1.165) is 0 Å². The number of hydrogen-bond acceptors (Lipinski definition) is 1. The van der Waals surface area contributed by atoms with Crippen LogP contribution in [0.3, 0.4) is 0 Å². The molecule has 1 aromatic heterocycles. The lowest BCUT2D eigenvalue weighted by Gasteiger charge is -2.22. The maximum absolute atomic E-state index is 2.32. The zero-order valence-electron chi connectivity index (χ0n) is 9.56. The summed E-state index contributed by atoms with van der Waals surface area (Å²) in [5.74, 6) is 0.652. The van der Waals surface area contributed by atoms with Gasteiger partial charge in [0.1, 0.15) is 0 Å². The van der Waals surface area contributed by atoms with Crippen molar-refractivity contribution in [2.75, 3.05) is 0 Å². The molecule has 1 aromatic rings. The molecule has 0 aliphatic rings. The van der Waals surface area contributed by atoms with Gasteiger partial charge in [0.05, 0.1) is 0 Å². The lowest BCUT2D eigenvalue weighted by Crippen LogP contribution is -2.14. The number of rotatable bonds is 1. The molecule has 0 unspecified atom stereocenters. The van der Waals surface area contributed by atoms with Gasteiger partial charge in [-0.2, -0.15) is 0 Å². The molecule has 0 amide bonds. The molecule has 0 bridgehead atoms. The van der Waals surface area contributed by atoms with Gasteiger partial charge in [-0.15, -0.1) is 11.3 Å². The lowest BCUT2D eigenvalue weighted by atomic mass is 9.82. The van der Waals surface area contributed by atoms with Crippen molar-refractivity contribution < 1.29 is 0 Å². The van der Waals surface area contributed by atoms with Crippen molar-refractivity contribution in [3.8, 4) is 0 Å². The fourth-order valence-corrected chi connectivity index (χ4v) is 3.09. The Morgan fingerprint density at radius 2 is 1.77 bits per heavy atom. The van der Waals surface area contributed by atoms with Crippen LogP contribution in [-0.2, 0) is 5.41 Å². The minimum Gasteiger partial charge on any atom is -0.149 e. The SMILES string of the molecule is Cc1scc(C(C)C)c1C(C)(C)C. The third-order valence-electron chi connectivity index (χ3n) is 2.38. The Bertz CT molecular complexity index is 287. The molecule has 0 radical (unpaired) electrons. The predicted molar refractivity (Wildman–Crippen MR) is 61.8 cm³/mol. The summed E-state index contributed by atoms with van der Waals surface area (Å²) in [6.07, 6.45) is 0. The van der Waals surface area contributed by atoms with Gasteiger partial charge in [0.25, 0.3) is 0 Å². The third-order valence-corrected chi connectivity index (χ3v) is 3.30. The average molecular weight is 196 g/mol. The van der Waals surface area contributed by atoms with Gasteiger partial charge in [0, 0.05) is 4.88 Å². The summed E-state index contributed by atoms with van der Waals surface area (Å²) in [7, 11) is 0. The molecular formula is C12H20S. The Morgan fingerprint density at radius 3 is 2.08 bits per heavy atom. The summed E-state index contributed by atoms with van der Waals surface area (Å²) in [5.41, 5.74) is 3.39. The van der Waals surface area contributed by atoms with Crippen molar-refractivity contribution in [2.45, 2.75) is 52.9 Å². The Hall–Kier alpha value is -0.300. The van der Waals surface area contributed by atoms with Gasteiger partial charge in [0.15, 0.2) is 0 Å². The van der Waals surface area contributed by atoms with Gasteiger partial charge in [0.2, 0.25) is 0 Å². The highest BCUT2D eigenvalue weighted by Crippen LogP contribution is 2.36.